The Morgan fingerprint density at radius 3 is 2.82 bits per heavy atom. The van der Waals surface area contributed by atoms with Gasteiger partial charge in [-0.05, 0) is 19.1 Å². The summed E-state index contributed by atoms with van der Waals surface area (Å²) in [6, 6.07) is 2.74. The van der Waals surface area contributed by atoms with E-state index in [2.05, 4.69) is 10.3 Å². The van der Waals surface area contributed by atoms with E-state index in [-0.39, 0.29) is 5.82 Å². The fourth-order valence-corrected chi connectivity index (χ4v) is 0.675. The van der Waals surface area contributed by atoms with Crippen molar-refractivity contribution in [2.75, 3.05) is 5.32 Å². The molecule has 1 aromatic heterocycles. The minimum absolute atomic E-state index is 0.388. The maximum Gasteiger partial charge on any atom is 0.141 e. The van der Waals surface area contributed by atoms with E-state index in [9.17, 15) is 4.39 Å². The molecule has 1 aromatic rings. The molecule has 3 nitrogen and oxygen atoms in total. The average Bonchev–Trinajstić information content (AvgIpc) is 1.93. The molecule has 0 aliphatic rings. The number of aliphatic hydroxyl groups excluding tert-OH is 1. The van der Waals surface area contributed by atoms with Gasteiger partial charge in [0.2, 0.25) is 0 Å². The number of nitrogens with one attached hydrogen (secondary N) is 1. The molecule has 1 unspecified atom stereocenters. The predicted octanol–water partition coefficient (Wildman–Crippen LogP) is 0.971. The molecule has 2 N–H and O–H groups in total. The first-order valence-corrected chi connectivity index (χ1v) is 3.24. The van der Waals surface area contributed by atoms with Gasteiger partial charge in [0, 0.05) is 0 Å². The standard InChI is InChI=1S/C7H9FN2O/c1-5(11)10-7-3-2-6(8)4-9-7/h2-5,11H,1H3,(H,9,10). The molecule has 0 saturated carbocycles. The van der Waals surface area contributed by atoms with Gasteiger partial charge >= 0.3 is 0 Å². The number of hydrogen-bond acceptors (Lipinski definition) is 3. The highest BCUT2D eigenvalue weighted by Gasteiger charge is 1.96. The van der Waals surface area contributed by atoms with Crippen LogP contribution in [0.3, 0.4) is 0 Å². The van der Waals surface area contributed by atoms with Gasteiger partial charge < -0.3 is 10.4 Å². The first-order chi connectivity index (χ1) is 5.18. The second-order valence-corrected chi connectivity index (χ2v) is 2.18. The van der Waals surface area contributed by atoms with Crippen LogP contribution in [0.4, 0.5) is 10.2 Å². The molecule has 0 bridgehead atoms. The summed E-state index contributed by atoms with van der Waals surface area (Å²) < 4.78 is 12.3. The van der Waals surface area contributed by atoms with Gasteiger partial charge in [-0.15, -0.1) is 0 Å². The number of hydrogen-bond donors (Lipinski definition) is 2. The molecular weight excluding hydrogens is 147 g/mol. The van der Waals surface area contributed by atoms with Gasteiger partial charge in [0.05, 0.1) is 6.20 Å². The van der Waals surface area contributed by atoms with Crippen molar-refractivity contribution in [3.63, 3.8) is 0 Å². The van der Waals surface area contributed by atoms with Gasteiger partial charge in [-0.25, -0.2) is 9.37 Å². The second-order valence-electron chi connectivity index (χ2n) is 2.18. The molecule has 0 aromatic carbocycles. The summed E-state index contributed by atoms with van der Waals surface area (Å²) in [6.07, 6.45) is 0.415. The molecule has 0 aliphatic heterocycles. The lowest BCUT2D eigenvalue weighted by molar-refractivity contribution is 0.224. The lowest BCUT2D eigenvalue weighted by Gasteiger charge is -2.06. The number of pyridine rings is 1. The van der Waals surface area contributed by atoms with Crippen LogP contribution < -0.4 is 5.32 Å². The van der Waals surface area contributed by atoms with Crippen LogP contribution in [0.15, 0.2) is 18.3 Å². The number of aromatic nitrogens is 1. The van der Waals surface area contributed by atoms with E-state index in [1.54, 1.807) is 6.92 Å². The third-order valence-corrected chi connectivity index (χ3v) is 1.08. The number of rotatable bonds is 2. The van der Waals surface area contributed by atoms with Crippen LogP contribution in [-0.4, -0.2) is 16.3 Å². The molecule has 1 atom stereocenters. The lowest BCUT2D eigenvalue weighted by Crippen LogP contribution is -2.14. The highest BCUT2D eigenvalue weighted by atomic mass is 19.1. The van der Waals surface area contributed by atoms with Crippen LogP contribution in [0.5, 0.6) is 0 Å². The number of halogens is 1. The van der Waals surface area contributed by atoms with Crippen molar-refractivity contribution < 1.29 is 9.50 Å². The molecule has 0 amide bonds. The summed E-state index contributed by atoms with van der Waals surface area (Å²) >= 11 is 0. The van der Waals surface area contributed by atoms with Crippen molar-refractivity contribution in [1.82, 2.24) is 4.98 Å². The van der Waals surface area contributed by atoms with Crippen LogP contribution in [0.1, 0.15) is 6.92 Å². The molecule has 0 aliphatic carbocycles. The molecule has 60 valence electrons. The largest absolute Gasteiger partial charge is 0.374 e. The Hall–Kier alpha value is -1.16. The third kappa shape index (κ3) is 2.51. The topological polar surface area (TPSA) is 45.1 Å². The fraction of sp³-hybridized carbons (Fsp3) is 0.286. The molecule has 1 heterocycles. The molecule has 11 heavy (non-hydrogen) atoms. The van der Waals surface area contributed by atoms with E-state index >= 15 is 0 Å². The van der Waals surface area contributed by atoms with Crippen molar-refractivity contribution in [1.29, 1.82) is 0 Å². The Bertz CT molecular complexity index is 222. The Morgan fingerprint density at radius 2 is 2.36 bits per heavy atom. The lowest BCUT2D eigenvalue weighted by atomic mass is 10.4. The zero-order valence-corrected chi connectivity index (χ0v) is 6.08. The molecule has 0 radical (unpaired) electrons. The van der Waals surface area contributed by atoms with Crippen molar-refractivity contribution >= 4 is 5.82 Å². The minimum Gasteiger partial charge on any atom is -0.374 e. The first kappa shape index (κ1) is 7.94. The molecule has 0 saturated heterocycles. The fourth-order valence-electron chi connectivity index (χ4n) is 0.675. The predicted molar refractivity (Wildman–Crippen MR) is 39.5 cm³/mol. The van der Waals surface area contributed by atoms with Crippen LogP contribution in [0.2, 0.25) is 0 Å². The Labute approximate surface area is 63.9 Å². The van der Waals surface area contributed by atoms with Crippen LogP contribution in [-0.2, 0) is 0 Å². The molecule has 0 spiro atoms. The van der Waals surface area contributed by atoms with Crippen molar-refractivity contribution in [3.05, 3.63) is 24.1 Å². The second kappa shape index (κ2) is 3.30. The number of nitrogens with zero attached hydrogens (tertiary/aromatic N) is 1. The van der Waals surface area contributed by atoms with E-state index in [0.29, 0.717) is 5.82 Å². The summed E-state index contributed by atoms with van der Waals surface area (Å²) in [5.74, 6) is 0.0718. The summed E-state index contributed by atoms with van der Waals surface area (Å²) in [4.78, 5) is 3.67. The summed E-state index contributed by atoms with van der Waals surface area (Å²) in [5, 5.41) is 11.4. The summed E-state index contributed by atoms with van der Waals surface area (Å²) in [7, 11) is 0. The van der Waals surface area contributed by atoms with Crippen molar-refractivity contribution in [2.24, 2.45) is 0 Å². The Morgan fingerprint density at radius 1 is 1.64 bits per heavy atom. The average molecular weight is 156 g/mol. The maximum atomic E-state index is 12.3. The zero-order chi connectivity index (χ0) is 8.27. The van der Waals surface area contributed by atoms with Gasteiger partial charge in [0.15, 0.2) is 0 Å². The molecular formula is C7H9FN2O. The highest BCUT2D eigenvalue weighted by Crippen LogP contribution is 2.03. The number of anilines is 1. The van der Waals surface area contributed by atoms with Crippen molar-refractivity contribution in [3.8, 4) is 0 Å². The quantitative estimate of drug-likeness (QED) is 0.627. The Balaban J connectivity index is 2.66. The minimum atomic E-state index is -0.673. The van der Waals surface area contributed by atoms with Gasteiger partial charge in [-0.2, -0.15) is 0 Å². The Kier molecular flexibility index (Phi) is 2.38. The normalized spacial score (nSPS) is 12.6. The highest BCUT2D eigenvalue weighted by molar-refractivity contribution is 5.33. The van der Waals surface area contributed by atoms with Gasteiger partial charge in [-0.3, -0.25) is 0 Å². The summed E-state index contributed by atoms with van der Waals surface area (Å²) in [5.41, 5.74) is 0. The SMILES string of the molecule is CC(O)Nc1ccc(F)cn1. The van der Waals surface area contributed by atoms with E-state index < -0.39 is 6.23 Å². The van der Waals surface area contributed by atoms with Gasteiger partial charge in [0.25, 0.3) is 0 Å². The van der Waals surface area contributed by atoms with E-state index in [1.807, 2.05) is 0 Å². The van der Waals surface area contributed by atoms with E-state index in [1.165, 1.54) is 12.1 Å². The third-order valence-electron chi connectivity index (χ3n) is 1.08. The molecule has 1 rings (SSSR count). The van der Waals surface area contributed by atoms with Gasteiger partial charge in [0.1, 0.15) is 17.9 Å². The van der Waals surface area contributed by atoms with Crippen LogP contribution in [0, 0.1) is 5.82 Å². The van der Waals surface area contributed by atoms with E-state index in [0.717, 1.165) is 6.20 Å². The van der Waals surface area contributed by atoms with Crippen LogP contribution >= 0.6 is 0 Å². The maximum absolute atomic E-state index is 12.3. The zero-order valence-electron chi connectivity index (χ0n) is 6.08. The van der Waals surface area contributed by atoms with Gasteiger partial charge in [-0.1, -0.05) is 0 Å². The number of aliphatic hydroxyl groups is 1. The monoisotopic (exact) mass is 156 g/mol. The first-order valence-electron chi connectivity index (χ1n) is 3.24. The summed E-state index contributed by atoms with van der Waals surface area (Å²) in [6.45, 7) is 1.56. The van der Waals surface area contributed by atoms with E-state index in [4.69, 9.17) is 5.11 Å². The molecule has 4 heteroatoms. The van der Waals surface area contributed by atoms with Crippen molar-refractivity contribution in [2.45, 2.75) is 13.2 Å². The van der Waals surface area contributed by atoms with Crippen LogP contribution in [0.25, 0.3) is 0 Å². The molecule has 0 fully saturated rings. The smallest absolute Gasteiger partial charge is 0.141 e.